The van der Waals surface area contributed by atoms with Crippen molar-refractivity contribution in [3.8, 4) is 0 Å². The molecule has 1 saturated heterocycles. The number of nitrogens with one attached hydrogen (secondary N) is 1. The molecular weight excluding hydrogens is 320 g/mol. The fourth-order valence-corrected chi connectivity index (χ4v) is 3.36. The number of benzene rings is 1. The molecule has 1 aromatic rings. The Bertz CT molecular complexity index is 535. The van der Waals surface area contributed by atoms with Crippen LogP contribution in [-0.4, -0.2) is 53.3 Å². The van der Waals surface area contributed by atoms with Gasteiger partial charge in [-0.15, -0.1) is 11.8 Å². The molecule has 0 aliphatic carbocycles. The zero-order valence-corrected chi connectivity index (χ0v) is 14.4. The van der Waals surface area contributed by atoms with E-state index in [2.05, 4.69) is 19.2 Å². The van der Waals surface area contributed by atoms with Crippen molar-refractivity contribution in [2.45, 2.75) is 25.9 Å². The van der Waals surface area contributed by atoms with E-state index in [0.29, 0.717) is 28.1 Å². The number of carbonyl (C=O) groups excluding carboxylic acids is 2. The Morgan fingerprint density at radius 2 is 1.95 bits per heavy atom. The highest BCUT2D eigenvalue weighted by atomic mass is 35.5. The van der Waals surface area contributed by atoms with Crippen molar-refractivity contribution < 1.29 is 9.59 Å². The lowest BCUT2D eigenvalue weighted by Crippen LogP contribution is -2.57. The van der Waals surface area contributed by atoms with E-state index in [1.54, 1.807) is 24.3 Å². The zero-order chi connectivity index (χ0) is 16.1. The van der Waals surface area contributed by atoms with E-state index in [0.717, 1.165) is 13.1 Å². The van der Waals surface area contributed by atoms with Crippen LogP contribution in [0.2, 0.25) is 5.02 Å². The summed E-state index contributed by atoms with van der Waals surface area (Å²) in [5, 5.41) is 3.96. The number of halogens is 1. The molecule has 6 heteroatoms. The number of Topliss-reactive ketones (excluding diaryl/α,β-unsaturated/α-hetero) is 1. The van der Waals surface area contributed by atoms with Crippen molar-refractivity contribution in [3.05, 3.63) is 34.9 Å². The van der Waals surface area contributed by atoms with E-state index < -0.39 is 0 Å². The van der Waals surface area contributed by atoms with Crippen LogP contribution in [0.3, 0.4) is 0 Å². The van der Waals surface area contributed by atoms with Crippen LogP contribution in [-0.2, 0) is 4.79 Å². The summed E-state index contributed by atoms with van der Waals surface area (Å²) in [7, 11) is 0. The lowest BCUT2D eigenvalue weighted by Gasteiger charge is -2.38. The number of carbonyl (C=O) groups is 2. The number of rotatable bonds is 5. The molecule has 0 radical (unpaired) electrons. The van der Waals surface area contributed by atoms with Gasteiger partial charge in [0.05, 0.1) is 11.5 Å². The Kier molecular flexibility index (Phi) is 6.29. The van der Waals surface area contributed by atoms with Crippen LogP contribution in [0.25, 0.3) is 0 Å². The maximum absolute atomic E-state index is 12.3. The predicted octanol–water partition coefficient (Wildman–Crippen LogP) is 2.46. The van der Waals surface area contributed by atoms with Gasteiger partial charge in [-0.05, 0) is 38.1 Å². The second-order valence-corrected chi connectivity index (χ2v) is 6.92. The molecule has 0 saturated carbocycles. The number of nitrogens with zero attached hydrogens (tertiary/aromatic N) is 1. The van der Waals surface area contributed by atoms with Crippen LogP contribution in [0.1, 0.15) is 24.2 Å². The summed E-state index contributed by atoms with van der Waals surface area (Å²) in [6, 6.07) is 7.33. The highest BCUT2D eigenvalue weighted by molar-refractivity contribution is 8.00. The fourth-order valence-electron chi connectivity index (χ4n) is 2.44. The summed E-state index contributed by atoms with van der Waals surface area (Å²) in [5.74, 6) is 0.783. The van der Waals surface area contributed by atoms with Gasteiger partial charge in [0.25, 0.3) is 0 Å². The maximum atomic E-state index is 12.3. The Morgan fingerprint density at radius 1 is 1.27 bits per heavy atom. The minimum Gasteiger partial charge on any atom is -0.336 e. The molecule has 0 bridgehead atoms. The van der Waals surface area contributed by atoms with Gasteiger partial charge in [0.15, 0.2) is 5.78 Å². The molecule has 1 heterocycles. The number of hydrogen-bond donors (Lipinski definition) is 1. The van der Waals surface area contributed by atoms with Gasteiger partial charge in [-0.2, -0.15) is 0 Å². The van der Waals surface area contributed by atoms with Crippen LogP contribution in [0.4, 0.5) is 0 Å². The fraction of sp³-hybridized carbons (Fsp3) is 0.500. The summed E-state index contributed by atoms with van der Waals surface area (Å²) in [6.07, 6.45) is 0. The van der Waals surface area contributed by atoms with Crippen LogP contribution in [0.15, 0.2) is 24.3 Å². The SMILES string of the molecule is CC1NCCN(C(=O)CSCC(=O)c2ccc(Cl)cc2)C1C. The quantitative estimate of drug-likeness (QED) is 0.837. The van der Waals surface area contributed by atoms with Crippen LogP contribution >= 0.6 is 23.4 Å². The van der Waals surface area contributed by atoms with Gasteiger partial charge in [-0.25, -0.2) is 0 Å². The smallest absolute Gasteiger partial charge is 0.232 e. The topological polar surface area (TPSA) is 49.4 Å². The molecular formula is C16H21ClN2O2S. The van der Waals surface area contributed by atoms with Gasteiger partial charge >= 0.3 is 0 Å². The molecule has 0 spiro atoms. The molecule has 1 aliphatic heterocycles. The lowest BCUT2D eigenvalue weighted by atomic mass is 10.1. The van der Waals surface area contributed by atoms with Crippen molar-refractivity contribution in [2.24, 2.45) is 0 Å². The first-order valence-electron chi connectivity index (χ1n) is 7.38. The third-order valence-electron chi connectivity index (χ3n) is 3.98. The highest BCUT2D eigenvalue weighted by Gasteiger charge is 2.27. The molecule has 1 amide bonds. The Balaban J connectivity index is 1.79. The summed E-state index contributed by atoms with van der Waals surface area (Å²) < 4.78 is 0. The minimum atomic E-state index is 0.0243. The number of amides is 1. The molecule has 1 N–H and O–H groups in total. The van der Waals surface area contributed by atoms with Gasteiger partial charge in [0, 0.05) is 35.8 Å². The van der Waals surface area contributed by atoms with Gasteiger partial charge < -0.3 is 10.2 Å². The molecule has 1 aliphatic rings. The third kappa shape index (κ3) is 4.48. The van der Waals surface area contributed by atoms with Crippen LogP contribution < -0.4 is 5.32 Å². The first-order valence-corrected chi connectivity index (χ1v) is 8.91. The molecule has 4 nitrogen and oxygen atoms in total. The summed E-state index contributed by atoms with van der Waals surface area (Å²) in [6.45, 7) is 5.70. The molecule has 120 valence electrons. The molecule has 2 unspecified atom stereocenters. The van der Waals surface area contributed by atoms with E-state index >= 15 is 0 Å². The van der Waals surface area contributed by atoms with Crippen molar-refractivity contribution in [2.75, 3.05) is 24.6 Å². The van der Waals surface area contributed by atoms with Gasteiger partial charge in [-0.1, -0.05) is 11.6 Å². The second-order valence-electron chi connectivity index (χ2n) is 5.49. The number of thioether (sulfide) groups is 1. The molecule has 1 fully saturated rings. The van der Waals surface area contributed by atoms with Crippen molar-refractivity contribution in [1.29, 1.82) is 0 Å². The maximum Gasteiger partial charge on any atom is 0.232 e. The molecule has 1 aromatic carbocycles. The largest absolute Gasteiger partial charge is 0.336 e. The highest BCUT2D eigenvalue weighted by Crippen LogP contribution is 2.15. The first kappa shape index (κ1) is 17.3. The summed E-state index contributed by atoms with van der Waals surface area (Å²) in [5.41, 5.74) is 0.633. The standard InChI is InChI=1S/C16H21ClN2O2S/c1-11-12(2)19(8-7-18-11)16(21)10-22-9-15(20)13-3-5-14(17)6-4-13/h3-6,11-12,18H,7-10H2,1-2H3. The second kappa shape index (κ2) is 7.99. The van der Waals surface area contributed by atoms with Crippen molar-refractivity contribution >= 4 is 35.1 Å². The van der Waals surface area contributed by atoms with Crippen molar-refractivity contribution in [3.63, 3.8) is 0 Å². The summed E-state index contributed by atoms with van der Waals surface area (Å²) in [4.78, 5) is 26.2. The average molecular weight is 341 g/mol. The zero-order valence-electron chi connectivity index (χ0n) is 12.8. The minimum absolute atomic E-state index is 0.0243. The molecule has 2 rings (SSSR count). The van der Waals surface area contributed by atoms with Gasteiger partial charge in [0.1, 0.15) is 0 Å². The monoisotopic (exact) mass is 340 g/mol. The molecule has 2 atom stereocenters. The lowest BCUT2D eigenvalue weighted by molar-refractivity contribution is -0.131. The van der Waals surface area contributed by atoms with E-state index in [9.17, 15) is 9.59 Å². The third-order valence-corrected chi connectivity index (χ3v) is 5.15. The Labute approximate surface area is 140 Å². The predicted molar refractivity (Wildman–Crippen MR) is 91.7 cm³/mol. The van der Waals surface area contributed by atoms with Crippen LogP contribution in [0.5, 0.6) is 0 Å². The Hall–Kier alpha value is -1.04. The van der Waals surface area contributed by atoms with E-state index in [1.165, 1.54) is 11.8 Å². The van der Waals surface area contributed by atoms with E-state index in [1.807, 2.05) is 4.90 Å². The number of piperazine rings is 1. The van der Waals surface area contributed by atoms with Crippen molar-refractivity contribution in [1.82, 2.24) is 10.2 Å². The number of ketones is 1. The molecule has 0 aromatic heterocycles. The summed E-state index contributed by atoms with van der Waals surface area (Å²) >= 11 is 7.17. The normalized spacial score (nSPS) is 21.7. The van der Waals surface area contributed by atoms with Crippen LogP contribution in [0, 0.1) is 0 Å². The number of hydrogen-bond acceptors (Lipinski definition) is 4. The Morgan fingerprint density at radius 3 is 2.64 bits per heavy atom. The van der Waals surface area contributed by atoms with Gasteiger partial charge in [0.2, 0.25) is 5.91 Å². The van der Waals surface area contributed by atoms with E-state index in [-0.39, 0.29) is 17.7 Å². The molecule has 22 heavy (non-hydrogen) atoms. The van der Waals surface area contributed by atoms with Gasteiger partial charge in [-0.3, -0.25) is 9.59 Å². The van der Waals surface area contributed by atoms with E-state index in [4.69, 9.17) is 11.6 Å². The average Bonchev–Trinajstić information content (AvgIpc) is 2.50. The first-order chi connectivity index (χ1) is 10.5.